The molecule has 32 heavy (non-hydrogen) atoms. The summed E-state index contributed by atoms with van der Waals surface area (Å²) in [6.07, 6.45) is 1.72. The maximum Gasteiger partial charge on any atom is 0.349 e. The summed E-state index contributed by atoms with van der Waals surface area (Å²) in [5.41, 5.74) is 3.91. The van der Waals surface area contributed by atoms with Crippen molar-refractivity contribution in [2.24, 2.45) is 0 Å². The van der Waals surface area contributed by atoms with Crippen molar-refractivity contribution >= 4 is 29.2 Å². The van der Waals surface area contributed by atoms with Gasteiger partial charge in [0.25, 0.3) is 0 Å². The zero-order chi connectivity index (χ0) is 23.1. The Bertz CT molecular complexity index is 1190. The van der Waals surface area contributed by atoms with E-state index in [1.807, 2.05) is 32.0 Å². The van der Waals surface area contributed by atoms with Crippen molar-refractivity contribution in [1.82, 2.24) is 0 Å². The van der Waals surface area contributed by atoms with Crippen LogP contribution >= 0.6 is 11.6 Å². The number of aryl methyl sites for hydroxylation is 2. The average molecular weight is 448 g/mol. The van der Waals surface area contributed by atoms with E-state index in [2.05, 4.69) is 6.07 Å². The van der Waals surface area contributed by atoms with Crippen LogP contribution in [0.3, 0.4) is 0 Å². The Morgan fingerprint density at radius 2 is 1.75 bits per heavy atom. The van der Waals surface area contributed by atoms with E-state index in [1.165, 1.54) is 7.11 Å². The van der Waals surface area contributed by atoms with E-state index in [9.17, 15) is 10.1 Å². The van der Waals surface area contributed by atoms with Gasteiger partial charge < -0.3 is 14.2 Å². The van der Waals surface area contributed by atoms with Crippen LogP contribution in [0.4, 0.5) is 0 Å². The average Bonchev–Trinajstić information content (AvgIpc) is 2.79. The number of nitriles is 1. The minimum atomic E-state index is -0.550. The molecule has 0 bridgehead atoms. The number of benzene rings is 3. The summed E-state index contributed by atoms with van der Waals surface area (Å²) in [5, 5.41) is 10.1. The number of esters is 1. The number of carbonyl (C=O) groups excluding carboxylic acids is 1. The number of hydrogen-bond acceptors (Lipinski definition) is 5. The molecule has 0 radical (unpaired) electrons. The minimum absolute atomic E-state index is 0.232. The fraction of sp³-hybridized carbons (Fsp3) is 0.154. The first-order chi connectivity index (χ1) is 15.4. The third-order valence-corrected chi connectivity index (χ3v) is 4.94. The van der Waals surface area contributed by atoms with Crippen LogP contribution in [0.1, 0.15) is 22.3 Å². The molecule has 0 saturated heterocycles. The van der Waals surface area contributed by atoms with Crippen LogP contribution in [0, 0.1) is 25.2 Å². The van der Waals surface area contributed by atoms with Crippen molar-refractivity contribution in [3.05, 3.63) is 87.9 Å². The highest BCUT2D eigenvalue weighted by Gasteiger charge is 2.13. The summed E-state index contributed by atoms with van der Waals surface area (Å²) in [4.78, 5) is 12.3. The molecular formula is C26H22ClNO4. The predicted octanol–water partition coefficient (Wildman–Crippen LogP) is 6.01. The van der Waals surface area contributed by atoms with Gasteiger partial charge in [-0.05, 0) is 72.5 Å². The molecule has 0 atom stereocenters. The fourth-order valence-electron chi connectivity index (χ4n) is 2.99. The molecule has 3 aromatic rings. The van der Waals surface area contributed by atoms with Crippen molar-refractivity contribution in [2.75, 3.05) is 13.7 Å². The first-order valence-corrected chi connectivity index (χ1v) is 10.2. The van der Waals surface area contributed by atoms with Crippen LogP contribution in [-0.4, -0.2) is 19.7 Å². The van der Waals surface area contributed by atoms with Crippen molar-refractivity contribution in [3.8, 4) is 23.3 Å². The third kappa shape index (κ3) is 5.90. The van der Waals surface area contributed by atoms with E-state index < -0.39 is 5.97 Å². The number of halogens is 1. The standard InChI is InChI=1S/C26H22ClNO4/c1-17-4-5-18(2)24(12-17)31-16-26(29)32-23-11-6-19(14-25(23)30-3)13-21(15-28)20-7-9-22(27)10-8-20/h4-14H,16H2,1-3H3/b21-13+. The van der Waals surface area contributed by atoms with Gasteiger partial charge in [0.15, 0.2) is 18.1 Å². The number of nitrogens with zero attached hydrogens (tertiary/aromatic N) is 1. The lowest BCUT2D eigenvalue weighted by Gasteiger charge is -2.12. The molecule has 3 aromatic carbocycles. The van der Waals surface area contributed by atoms with Crippen LogP contribution in [0.2, 0.25) is 5.02 Å². The van der Waals surface area contributed by atoms with Crippen molar-refractivity contribution in [3.63, 3.8) is 0 Å². The smallest absolute Gasteiger partial charge is 0.349 e. The van der Waals surface area contributed by atoms with Crippen LogP contribution in [0.15, 0.2) is 60.7 Å². The van der Waals surface area contributed by atoms with E-state index in [1.54, 1.807) is 48.5 Å². The molecule has 0 aliphatic carbocycles. The minimum Gasteiger partial charge on any atom is -0.493 e. The Labute approximate surface area is 192 Å². The van der Waals surface area contributed by atoms with Crippen molar-refractivity contribution in [2.45, 2.75) is 13.8 Å². The highest BCUT2D eigenvalue weighted by Crippen LogP contribution is 2.30. The first kappa shape index (κ1) is 22.9. The highest BCUT2D eigenvalue weighted by atomic mass is 35.5. The highest BCUT2D eigenvalue weighted by molar-refractivity contribution is 6.30. The molecule has 0 N–H and O–H groups in total. The largest absolute Gasteiger partial charge is 0.493 e. The molecule has 0 aliphatic rings. The van der Waals surface area contributed by atoms with Crippen LogP contribution in [-0.2, 0) is 4.79 Å². The molecule has 6 heteroatoms. The fourth-order valence-corrected chi connectivity index (χ4v) is 3.11. The number of allylic oxidation sites excluding steroid dienone is 1. The Hall–Kier alpha value is -3.75. The summed E-state index contributed by atoms with van der Waals surface area (Å²) in [7, 11) is 1.48. The van der Waals surface area contributed by atoms with Gasteiger partial charge in [-0.2, -0.15) is 5.26 Å². The topological polar surface area (TPSA) is 68.5 Å². The molecule has 162 valence electrons. The Balaban J connectivity index is 1.73. The van der Waals surface area contributed by atoms with E-state index >= 15 is 0 Å². The second-order valence-electron chi connectivity index (χ2n) is 7.12. The lowest BCUT2D eigenvalue weighted by Crippen LogP contribution is -2.18. The molecule has 5 nitrogen and oxygen atoms in total. The molecule has 0 unspecified atom stereocenters. The number of rotatable bonds is 7. The van der Waals surface area contributed by atoms with Crippen LogP contribution in [0.25, 0.3) is 11.6 Å². The summed E-state index contributed by atoms with van der Waals surface area (Å²) in [5.74, 6) is 0.725. The zero-order valence-electron chi connectivity index (χ0n) is 18.0. The van der Waals surface area contributed by atoms with E-state index in [-0.39, 0.29) is 12.4 Å². The van der Waals surface area contributed by atoms with Gasteiger partial charge in [-0.25, -0.2) is 4.79 Å². The number of ether oxygens (including phenoxy) is 3. The van der Waals surface area contributed by atoms with E-state index in [0.29, 0.717) is 22.1 Å². The second-order valence-corrected chi connectivity index (χ2v) is 7.56. The van der Waals surface area contributed by atoms with E-state index in [0.717, 1.165) is 22.3 Å². The molecule has 0 saturated carbocycles. The molecule has 0 aromatic heterocycles. The third-order valence-electron chi connectivity index (χ3n) is 4.69. The first-order valence-electron chi connectivity index (χ1n) is 9.86. The van der Waals surface area contributed by atoms with Gasteiger partial charge in [0.05, 0.1) is 18.8 Å². The summed E-state index contributed by atoms with van der Waals surface area (Å²) >= 11 is 5.92. The summed E-state index contributed by atoms with van der Waals surface area (Å²) in [6, 6.07) is 20.0. The van der Waals surface area contributed by atoms with Gasteiger partial charge in [-0.1, -0.05) is 41.9 Å². The summed E-state index contributed by atoms with van der Waals surface area (Å²) < 4.78 is 16.4. The lowest BCUT2D eigenvalue weighted by molar-refractivity contribution is -0.136. The Morgan fingerprint density at radius 1 is 1.00 bits per heavy atom. The maximum absolute atomic E-state index is 12.3. The van der Waals surface area contributed by atoms with Crippen molar-refractivity contribution in [1.29, 1.82) is 5.26 Å². The van der Waals surface area contributed by atoms with Crippen molar-refractivity contribution < 1.29 is 19.0 Å². The molecule has 3 rings (SSSR count). The SMILES string of the molecule is COc1cc(/C=C(\C#N)c2ccc(Cl)cc2)ccc1OC(=O)COc1cc(C)ccc1C. The van der Waals surface area contributed by atoms with E-state index in [4.69, 9.17) is 25.8 Å². The number of methoxy groups -OCH3 is 1. The quantitative estimate of drug-likeness (QED) is 0.192. The Kier molecular flexibility index (Phi) is 7.54. The van der Waals surface area contributed by atoms with Gasteiger partial charge in [0.2, 0.25) is 0 Å². The zero-order valence-corrected chi connectivity index (χ0v) is 18.8. The molecule has 0 aliphatic heterocycles. The lowest BCUT2D eigenvalue weighted by atomic mass is 10.0. The molecular weight excluding hydrogens is 426 g/mol. The van der Waals surface area contributed by atoms with Gasteiger partial charge in [-0.15, -0.1) is 0 Å². The normalized spacial score (nSPS) is 10.9. The van der Waals surface area contributed by atoms with Gasteiger partial charge in [0, 0.05) is 5.02 Å². The monoisotopic (exact) mass is 447 g/mol. The molecule has 0 heterocycles. The summed E-state index contributed by atoms with van der Waals surface area (Å²) in [6.45, 7) is 3.63. The predicted molar refractivity (Wildman–Crippen MR) is 125 cm³/mol. The number of hydrogen-bond donors (Lipinski definition) is 0. The molecule has 0 fully saturated rings. The second kappa shape index (κ2) is 10.5. The Morgan fingerprint density at radius 3 is 2.44 bits per heavy atom. The van der Waals surface area contributed by atoms with Crippen LogP contribution in [0.5, 0.6) is 17.2 Å². The van der Waals surface area contributed by atoms with Gasteiger partial charge in [-0.3, -0.25) is 0 Å². The van der Waals surface area contributed by atoms with Gasteiger partial charge >= 0.3 is 5.97 Å². The number of carbonyl (C=O) groups is 1. The van der Waals surface area contributed by atoms with Crippen LogP contribution < -0.4 is 14.2 Å². The molecule has 0 amide bonds. The maximum atomic E-state index is 12.3. The van der Waals surface area contributed by atoms with Gasteiger partial charge in [0.1, 0.15) is 5.75 Å². The molecule has 0 spiro atoms.